The van der Waals surface area contributed by atoms with Gasteiger partial charge in [-0.1, -0.05) is 18.2 Å². The van der Waals surface area contributed by atoms with Crippen molar-refractivity contribution in [2.24, 2.45) is 0 Å². The van der Waals surface area contributed by atoms with Crippen LogP contribution >= 0.6 is 0 Å². The molecular formula is C25H27N9. The summed E-state index contributed by atoms with van der Waals surface area (Å²) in [5.74, 6) is 3.50. The number of piperazine rings is 1. The highest BCUT2D eigenvalue weighted by molar-refractivity contribution is 5.70. The van der Waals surface area contributed by atoms with E-state index in [1.165, 1.54) is 0 Å². The standard InChI is InChI=1S/C25H27N9/c1-18-8-9-19(16-20(18)30-22-6-2-4-10-27-22)29-23-17-21(26)31-25(32-23)34-14-12-33(13-15-34)24-7-3-5-11-28-24/h2-11,16-17H,12-15H2,1H3,(H,27,30)(H3,26,29,31,32). The molecule has 9 heteroatoms. The molecule has 1 saturated heterocycles. The maximum Gasteiger partial charge on any atom is 0.229 e. The third-order valence-corrected chi connectivity index (χ3v) is 5.71. The summed E-state index contributed by atoms with van der Waals surface area (Å²) < 4.78 is 0. The number of aryl methyl sites for hydroxylation is 1. The van der Waals surface area contributed by atoms with Crippen molar-refractivity contribution >= 4 is 40.6 Å². The average Bonchev–Trinajstić information content (AvgIpc) is 2.87. The van der Waals surface area contributed by atoms with Crippen LogP contribution in [0.1, 0.15) is 5.56 Å². The summed E-state index contributed by atoms with van der Waals surface area (Å²) in [5, 5.41) is 6.74. The van der Waals surface area contributed by atoms with Gasteiger partial charge in [-0.3, -0.25) is 0 Å². The van der Waals surface area contributed by atoms with E-state index in [1.54, 1.807) is 12.3 Å². The zero-order chi connectivity index (χ0) is 23.3. The van der Waals surface area contributed by atoms with Crippen LogP contribution in [0.3, 0.4) is 0 Å². The Kier molecular flexibility index (Phi) is 6.07. The quantitative estimate of drug-likeness (QED) is 0.399. The molecule has 4 aromatic rings. The summed E-state index contributed by atoms with van der Waals surface area (Å²) in [6.45, 7) is 5.33. The number of anilines is 7. The van der Waals surface area contributed by atoms with E-state index in [2.05, 4.69) is 48.4 Å². The van der Waals surface area contributed by atoms with Crippen molar-refractivity contribution in [2.45, 2.75) is 6.92 Å². The van der Waals surface area contributed by atoms with Gasteiger partial charge in [-0.2, -0.15) is 9.97 Å². The first kappa shape index (κ1) is 21.4. The molecule has 9 nitrogen and oxygen atoms in total. The number of nitrogen functional groups attached to an aromatic ring is 1. The van der Waals surface area contributed by atoms with Crippen LogP contribution in [0.25, 0.3) is 0 Å². The Labute approximate surface area is 198 Å². The molecule has 4 N–H and O–H groups in total. The lowest BCUT2D eigenvalue weighted by molar-refractivity contribution is 0.635. The highest BCUT2D eigenvalue weighted by Crippen LogP contribution is 2.26. The van der Waals surface area contributed by atoms with Crippen molar-refractivity contribution in [1.29, 1.82) is 0 Å². The maximum absolute atomic E-state index is 6.14. The minimum Gasteiger partial charge on any atom is -0.383 e. The molecule has 1 aliphatic rings. The molecule has 1 aromatic carbocycles. The van der Waals surface area contributed by atoms with Gasteiger partial charge in [0.25, 0.3) is 0 Å². The second-order valence-corrected chi connectivity index (χ2v) is 8.13. The number of benzene rings is 1. The largest absolute Gasteiger partial charge is 0.383 e. The highest BCUT2D eigenvalue weighted by atomic mass is 15.3. The van der Waals surface area contributed by atoms with Crippen LogP contribution in [0.15, 0.2) is 73.1 Å². The van der Waals surface area contributed by atoms with E-state index in [1.807, 2.05) is 54.7 Å². The van der Waals surface area contributed by atoms with Gasteiger partial charge >= 0.3 is 0 Å². The molecule has 34 heavy (non-hydrogen) atoms. The van der Waals surface area contributed by atoms with Crippen molar-refractivity contribution in [1.82, 2.24) is 19.9 Å². The number of hydrogen-bond acceptors (Lipinski definition) is 9. The van der Waals surface area contributed by atoms with Crippen molar-refractivity contribution in [2.75, 3.05) is 52.3 Å². The number of pyridine rings is 2. The van der Waals surface area contributed by atoms with E-state index < -0.39 is 0 Å². The van der Waals surface area contributed by atoms with Crippen LogP contribution in [-0.2, 0) is 0 Å². The van der Waals surface area contributed by atoms with Crippen LogP contribution in [0, 0.1) is 6.92 Å². The first-order valence-corrected chi connectivity index (χ1v) is 11.3. The van der Waals surface area contributed by atoms with Crippen LogP contribution in [0.4, 0.5) is 40.6 Å². The summed E-state index contributed by atoms with van der Waals surface area (Å²) in [5.41, 5.74) is 9.12. The van der Waals surface area contributed by atoms with Gasteiger partial charge in [0.1, 0.15) is 23.3 Å². The molecule has 0 spiro atoms. The molecule has 5 rings (SSSR count). The van der Waals surface area contributed by atoms with Gasteiger partial charge in [0, 0.05) is 56.0 Å². The van der Waals surface area contributed by atoms with Gasteiger partial charge in [0.2, 0.25) is 5.95 Å². The van der Waals surface area contributed by atoms with Crippen molar-refractivity contribution in [3.63, 3.8) is 0 Å². The summed E-state index contributed by atoms with van der Waals surface area (Å²) in [4.78, 5) is 22.4. The second-order valence-electron chi connectivity index (χ2n) is 8.13. The van der Waals surface area contributed by atoms with Crippen molar-refractivity contribution < 1.29 is 0 Å². The summed E-state index contributed by atoms with van der Waals surface area (Å²) in [6.07, 6.45) is 3.59. The van der Waals surface area contributed by atoms with E-state index in [9.17, 15) is 0 Å². The van der Waals surface area contributed by atoms with Crippen molar-refractivity contribution in [3.8, 4) is 0 Å². The fourth-order valence-corrected chi connectivity index (χ4v) is 3.89. The number of nitrogens with one attached hydrogen (secondary N) is 2. The van der Waals surface area contributed by atoms with Gasteiger partial charge in [-0.15, -0.1) is 0 Å². The number of rotatable bonds is 6. The lowest BCUT2D eigenvalue weighted by Gasteiger charge is -2.35. The molecule has 0 atom stereocenters. The van der Waals surface area contributed by atoms with Crippen LogP contribution < -0.4 is 26.2 Å². The van der Waals surface area contributed by atoms with Gasteiger partial charge < -0.3 is 26.2 Å². The molecule has 0 saturated carbocycles. The molecule has 4 heterocycles. The Morgan fingerprint density at radius 3 is 2.26 bits per heavy atom. The summed E-state index contributed by atoms with van der Waals surface area (Å²) >= 11 is 0. The van der Waals surface area contributed by atoms with Crippen LogP contribution in [0.5, 0.6) is 0 Å². The number of nitrogens with zero attached hydrogens (tertiary/aromatic N) is 6. The van der Waals surface area contributed by atoms with E-state index in [-0.39, 0.29) is 0 Å². The maximum atomic E-state index is 6.14. The van der Waals surface area contributed by atoms with E-state index in [4.69, 9.17) is 10.7 Å². The normalized spacial score (nSPS) is 13.6. The van der Waals surface area contributed by atoms with Gasteiger partial charge in [-0.25, -0.2) is 9.97 Å². The van der Waals surface area contributed by atoms with Gasteiger partial charge in [0.15, 0.2) is 0 Å². The minimum absolute atomic E-state index is 0.429. The topological polar surface area (TPSA) is 108 Å². The van der Waals surface area contributed by atoms with Gasteiger partial charge in [-0.05, 0) is 48.9 Å². The molecule has 3 aromatic heterocycles. The first-order chi connectivity index (χ1) is 16.6. The molecule has 0 radical (unpaired) electrons. The smallest absolute Gasteiger partial charge is 0.229 e. The lowest BCUT2D eigenvalue weighted by atomic mass is 10.1. The third-order valence-electron chi connectivity index (χ3n) is 5.71. The van der Waals surface area contributed by atoms with E-state index >= 15 is 0 Å². The number of hydrogen-bond donors (Lipinski definition) is 3. The summed E-state index contributed by atoms with van der Waals surface area (Å²) in [6, 6.07) is 19.6. The van der Waals surface area contributed by atoms with E-state index in [0.29, 0.717) is 17.6 Å². The molecular weight excluding hydrogens is 426 g/mol. The minimum atomic E-state index is 0.429. The molecule has 0 unspecified atom stereocenters. The SMILES string of the molecule is Cc1ccc(Nc2cc(N)nc(N3CCN(c4ccccn4)CC3)n2)cc1Nc1ccccn1. The Morgan fingerprint density at radius 2 is 1.53 bits per heavy atom. The predicted molar refractivity (Wildman–Crippen MR) is 137 cm³/mol. The average molecular weight is 454 g/mol. The summed E-state index contributed by atoms with van der Waals surface area (Å²) in [7, 11) is 0. The monoisotopic (exact) mass is 453 g/mol. The Bertz CT molecular complexity index is 1240. The van der Waals surface area contributed by atoms with Crippen LogP contribution in [-0.4, -0.2) is 46.1 Å². The predicted octanol–water partition coefficient (Wildman–Crippen LogP) is 3.97. The third kappa shape index (κ3) is 4.98. The fourth-order valence-electron chi connectivity index (χ4n) is 3.89. The Balaban J connectivity index is 1.29. The number of nitrogens with two attached hydrogens (primary N) is 1. The lowest BCUT2D eigenvalue weighted by Crippen LogP contribution is -2.47. The molecule has 0 aliphatic carbocycles. The van der Waals surface area contributed by atoms with E-state index in [0.717, 1.165) is 54.8 Å². The molecule has 172 valence electrons. The second kappa shape index (κ2) is 9.62. The number of aromatic nitrogens is 4. The molecule has 0 amide bonds. The molecule has 0 bridgehead atoms. The molecule has 1 fully saturated rings. The first-order valence-electron chi connectivity index (χ1n) is 11.3. The highest BCUT2D eigenvalue weighted by Gasteiger charge is 2.20. The zero-order valence-electron chi connectivity index (χ0n) is 19.0. The van der Waals surface area contributed by atoms with Crippen LogP contribution in [0.2, 0.25) is 0 Å². The fraction of sp³-hybridized carbons (Fsp3) is 0.200. The Hall–Kier alpha value is -4.40. The van der Waals surface area contributed by atoms with Gasteiger partial charge in [0.05, 0.1) is 0 Å². The molecule has 1 aliphatic heterocycles. The zero-order valence-corrected chi connectivity index (χ0v) is 19.0. The Morgan fingerprint density at radius 1 is 0.765 bits per heavy atom. The van der Waals surface area contributed by atoms with Crippen molar-refractivity contribution in [3.05, 3.63) is 78.6 Å².